The average molecular weight is 325 g/mol. The molecule has 0 atom stereocenters. The first kappa shape index (κ1) is 11.4. The Hall–Kier alpha value is -3.19. The predicted octanol–water partition coefficient (Wildman–Crippen LogP) is 1.76. The van der Waals surface area contributed by atoms with Gasteiger partial charge in [-0.15, -0.1) is 0 Å². The number of pyridine rings is 2. The molecule has 4 aromatic rings. The van der Waals surface area contributed by atoms with Gasteiger partial charge in [-0.05, 0) is 17.7 Å². The molecule has 2 N–H and O–H groups in total. The second-order valence-electron chi connectivity index (χ2n) is 5.27. The summed E-state index contributed by atoms with van der Waals surface area (Å²) in [5, 5.41) is 13.4. The van der Waals surface area contributed by atoms with Gasteiger partial charge in [0, 0.05) is 17.6 Å². The lowest BCUT2D eigenvalue weighted by molar-refractivity contribution is 0.282. The van der Waals surface area contributed by atoms with E-state index in [-0.39, 0.29) is 18.0 Å². The molecule has 0 spiro atoms. The number of nitrogens with one attached hydrogen (secondary N) is 1. The van der Waals surface area contributed by atoms with Gasteiger partial charge in [-0.1, -0.05) is 12.1 Å². The Morgan fingerprint density at radius 3 is 2.92 bits per heavy atom. The summed E-state index contributed by atoms with van der Waals surface area (Å²) in [5.41, 5.74) is 2.11. The van der Waals surface area contributed by atoms with Crippen LogP contribution in [-0.4, -0.2) is 31.9 Å². The molecule has 3 aromatic heterocycles. The molecule has 0 radical (unpaired) electrons. The summed E-state index contributed by atoms with van der Waals surface area (Å²) < 4.78 is 27.3. The molecule has 120 valence electrons. The summed E-state index contributed by atoms with van der Waals surface area (Å²) in [7, 11) is -2.59. The quantitative estimate of drug-likeness (QED) is 0.599. The number of aromatic amines is 1. The minimum absolute atomic E-state index is 0.0634. The van der Waals surface area contributed by atoms with E-state index in [1.807, 2.05) is 0 Å². The third-order valence-corrected chi connectivity index (χ3v) is 3.86. The van der Waals surface area contributed by atoms with Crippen LogP contribution in [0.5, 0.6) is 5.88 Å². The van der Waals surface area contributed by atoms with Crippen LogP contribution in [0.1, 0.15) is 9.68 Å². The highest BCUT2D eigenvalue weighted by Gasteiger charge is 2.12. The summed E-state index contributed by atoms with van der Waals surface area (Å²) in [4.78, 5) is 20.9. The van der Waals surface area contributed by atoms with Crippen LogP contribution in [0, 0.1) is 0 Å². The lowest BCUT2D eigenvalue weighted by Crippen LogP contribution is -2.14. The average Bonchev–Trinajstić information content (AvgIpc) is 2.97. The number of nitrogens with zero attached hydrogens (tertiary/aromatic N) is 3. The molecule has 0 saturated heterocycles. The van der Waals surface area contributed by atoms with E-state index in [4.69, 9.17) is 8.85 Å². The molecule has 0 aliphatic carbocycles. The highest BCUT2D eigenvalue weighted by molar-refractivity contribution is 6.02. The Labute approximate surface area is 140 Å². The van der Waals surface area contributed by atoms with Crippen molar-refractivity contribution in [1.29, 1.82) is 0 Å². The number of methoxy groups -OCH3 is 1. The summed E-state index contributed by atoms with van der Waals surface area (Å²) in [5.74, 6) is -0.0634. The SMILES string of the molecule is [2H]C([2H])([2H])Oc1ccc(-n2[nH]c3c(cnc4cc(CO)ccc43)c2=O)cn1. The van der Waals surface area contributed by atoms with E-state index in [2.05, 4.69) is 15.1 Å². The number of hydrogen-bond acceptors (Lipinski definition) is 5. The van der Waals surface area contributed by atoms with E-state index in [1.165, 1.54) is 29.2 Å². The van der Waals surface area contributed by atoms with Gasteiger partial charge in [0.1, 0.15) is 0 Å². The Balaban J connectivity index is 1.81. The van der Waals surface area contributed by atoms with Crippen LogP contribution in [0.25, 0.3) is 27.5 Å². The number of fused-ring (bicyclic) bond motifs is 3. The largest absolute Gasteiger partial charge is 0.481 e. The lowest BCUT2D eigenvalue weighted by atomic mass is 10.1. The normalized spacial score (nSPS) is 13.6. The summed E-state index contributed by atoms with van der Waals surface area (Å²) in [6, 6.07) is 8.23. The molecule has 0 amide bonds. The number of aromatic nitrogens is 4. The van der Waals surface area contributed by atoms with Crippen LogP contribution >= 0.6 is 0 Å². The summed E-state index contributed by atoms with van der Waals surface area (Å²) >= 11 is 0. The first-order valence-electron chi connectivity index (χ1n) is 8.64. The number of aliphatic hydroxyl groups excluding tert-OH is 1. The van der Waals surface area contributed by atoms with E-state index < -0.39 is 7.04 Å². The summed E-state index contributed by atoms with van der Waals surface area (Å²) in [6.45, 7) is -0.0937. The lowest BCUT2D eigenvalue weighted by Gasteiger charge is -2.03. The Bertz CT molecular complexity index is 1200. The first-order valence-corrected chi connectivity index (χ1v) is 7.14. The Morgan fingerprint density at radius 2 is 2.17 bits per heavy atom. The topological polar surface area (TPSA) is 93.0 Å². The smallest absolute Gasteiger partial charge is 0.280 e. The first-order chi connectivity index (χ1) is 12.9. The molecule has 7 nitrogen and oxygen atoms in total. The standard InChI is InChI=1S/C17H14N4O3/c1-24-15-5-3-11(7-19-15)21-17(23)13-8-18-14-6-10(9-22)2-4-12(14)16(13)20-21/h2-8,20,22H,9H2,1H3/i1D3. The molecule has 24 heavy (non-hydrogen) atoms. The fraction of sp³-hybridized carbons (Fsp3) is 0.118. The van der Waals surface area contributed by atoms with Crippen LogP contribution < -0.4 is 10.3 Å². The number of rotatable bonds is 3. The van der Waals surface area contributed by atoms with Crippen LogP contribution in [0.15, 0.2) is 47.5 Å². The molecule has 0 unspecified atom stereocenters. The zero-order valence-corrected chi connectivity index (χ0v) is 12.4. The van der Waals surface area contributed by atoms with Crippen molar-refractivity contribution in [2.75, 3.05) is 7.04 Å². The van der Waals surface area contributed by atoms with Gasteiger partial charge in [0.25, 0.3) is 5.56 Å². The van der Waals surface area contributed by atoms with Crippen molar-refractivity contribution < 1.29 is 14.0 Å². The maximum absolute atomic E-state index is 12.7. The fourth-order valence-corrected chi connectivity index (χ4v) is 2.65. The predicted molar refractivity (Wildman–Crippen MR) is 89.5 cm³/mol. The molecule has 3 heterocycles. The van der Waals surface area contributed by atoms with Gasteiger partial charge in [0.15, 0.2) is 0 Å². The zero-order valence-electron chi connectivity index (χ0n) is 15.4. The number of hydrogen-bond donors (Lipinski definition) is 2. The van der Waals surface area contributed by atoms with Gasteiger partial charge in [-0.25, -0.2) is 9.67 Å². The van der Waals surface area contributed by atoms with Crippen molar-refractivity contribution in [3.63, 3.8) is 0 Å². The van der Waals surface area contributed by atoms with Gasteiger partial charge >= 0.3 is 0 Å². The molecule has 7 heteroatoms. The van der Waals surface area contributed by atoms with E-state index in [0.29, 0.717) is 22.1 Å². The molecular weight excluding hydrogens is 308 g/mol. The maximum Gasteiger partial charge on any atom is 0.280 e. The van der Waals surface area contributed by atoms with Crippen LogP contribution in [0.3, 0.4) is 0 Å². The molecule has 0 aliphatic heterocycles. The van der Waals surface area contributed by atoms with Gasteiger partial charge in [0.2, 0.25) is 5.88 Å². The third-order valence-electron chi connectivity index (χ3n) is 3.86. The molecule has 0 saturated carbocycles. The van der Waals surface area contributed by atoms with Gasteiger partial charge in [-0.3, -0.25) is 14.9 Å². The van der Waals surface area contributed by atoms with Gasteiger partial charge in [0.05, 0.1) is 46.1 Å². The van der Waals surface area contributed by atoms with Crippen molar-refractivity contribution >= 4 is 21.8 Å². The second-order valence-corrected chi connectivity index (χ2v) is 5.27. The van der Waals surface area contributed by atoms with Crippen LogP contribution in [-0.2, 0) is 6.61 Å². The van der Waals surface area contributed by atoms with E-state index in [1.54, 1.807) is 18.2 Å². The molecule has 0 bridgehead atoms. The highest BCUT2D eigenvalue weighted by Crippen LogP contribution is 2.22. The zero-order chi connectivity index (χ0) is 19.2. The maximum atomic E-state index is 12.7. The number of aliphatic hydroxyl groups is 1. The minimum Gasteiger partial charge on any atom is -0.481 e. The van der Waals surface area contributed by atoms with E-state index >= 15 is 0 Å². The molecule has 0 aliphatic rings. The number of benzene rings is 1. The third kappa shape index (κ3) is 2.14. The molecular formula is C17H14N4O3. The van der Waals surface area contributed by atoms with Crippen LogP contribution in [0.2, 0.25) is 0 Å². The Kier molecular flexibility index (Phi) is 2.59. The fourth-order valence-electron chi connectivity index (χ4n) is 2.65. The van der Waals surface area contributed by atoms with Crippen molar-refractivity contribution in [2.24, 2.45) is 0 Å². The van der Waals surface area contributed by atoms with E-state index in [0.717, 1.165) is 10.9 Å². The van der Waals surface area contributed by atoms with Crippen LogP contribution in [0.4, 0.5) is 0 Å². The second kappa shape index (κ2) is 5.47. The van der Waals surface area contributed by atoms with Crippen molar-refractivity contribution in [3.05, 3.63) is 58.6 Å². The van der Waals surface area contributed by atoms with Crippen molar-refractivity contribution in [2.45, 2.75) is 6.61 Å². The monoisotopic (exact) mass is 325 g/mol. The molecule has 4 rings (SSSR count). The number of ether oxygens (including phenoxy) is 1. The van der Waals surface area contributed by atoms with E-state index in [9.17, 15) is 9.90 Å². The summed E-state index contributed by atoms with van der Waals surface area (Å²) in [6.07, 6.45) is 2.82. The highest BCUT2D eigenvalue weighted by atomic mass is 16.5. The minimum atomic E-state index is -2.59. The Morgan fingerprint density at radius 1 is 1.25 bits per heavy atom. The number of H-pyrrole nitrogens is 1. The molecule has 0 fully saturated rings. The van der Waals surface area contributed by atoms with Crippen molar-refractivity contribution in [1.82, 2.24) is 19.7 Å². The van der Waals surface area contributed by atoms with Gasteiger partial charge in [-0.2, -0.15) is 0 Å². The van der Waals surface area contributed by atoms with Gasteiger partial charge < -0.3 is 9.84 Å². The molecule has 1 aromatic carbocycles. The van der Waals surface area contributed by atoms with Crippen molar-refractivity contribution in [3.8, 4) is 11.6 Å².